The van der Waals surface area contributed by atoms with Gasteiger partial charge in [-0.05, 0) is 36.8 Å². The van der Waals surface area contributed by atoms with E-state index in [1.54, 1.807) is 25.1 Å². The largest absolute Gasteiger partial charge is 0.456 e. The molecular weight excluding hydrogens is 439 g/mol. The second-order valence-electron chi connectivity index (χ2n) is 7.65. The molecule has 33 heavy (non-hydrogen) atoms. The van der Waals surface area contributed by atoms with Gasteiger partial charge in [0.2, 0.25) is 0 Å². The van der Waals surface area contributed by atoms with Crippen LogP contribution in [0.2, 0.25) is 0 Å². The number of halogens is 3. The number of pyridine rings is 1. The van der Waals surface area contributed by atoms with Crippen molar-refractivity contribution < 1.29 is 27.4 Å². The molecule has 11 heteroatoms. The van der Waals surface area contributed by atoms with Crippen LogP contribution in [0.25, 0.3) is 11.0 Å². The first-order chi connectivity index (χ1) is 15.8. The summed E-state index contributed by atoms with van der Waals surface area (Å²) in [5.41, 5.74) is 0.436. The summed E-state index contributed by atoms with van der Waals surface area (Å²) in [5.74, 6) is 0.411. The fraction of sp³-hybridized carbons (Fsp3) is 0.364. The molecule has 1 aliphatic rings. The quantitative estimate of drug-likeness (QED) is 0.511. The molecule has 4 rings (SSSR count). The third-order valence-corrected chi connectivity index (χ3v) is 5.31. The van der Waals surface area contributed by atoms with Crippen LogP contribution in [-0.4, -0.2) is 60.3 Å². The zero-order valence-electron chi connectivity index (χ0n) is 18.0. The fourth-order valence-corrected chi connectivity index (χ4v) is 3.62. The van der Waals surface area contributed by atoms with Gasteiger partial charge in [-0.2, -0.15) is 13.2 Å². The van der Waals surface area contributed by atoms with Crippen molar-refractivity contribution in [3.05, 3.63) is 47.8 Å². The minimum Gasteiger partial charge on any atom is -0.456 e. The average Bonchev–Trinajstić information content (AvgIpc) is 3.22. The van der Waals surface area contributed by atoms with Crippen molar-refractivity contribution in [3.8, 4) is 11.5 Å². The molecule has 1 saturated heterocycles. The van der Waals surface area contributed by atoms with Crippen LogP contribution in [0, 0.1) is 6.92 Å². The van der Waals surface area contributed by atoms with Crippen molar-refractivity contribution in [1.29, 1.82) is 0 Å². The number of aromatic nitrogens is 2. The van der Waals surface area contributed by atoms with Crippen LogP contribution in [0.5, 0.6) is 11.5 Å². The van der Waals surface area contributed by atoms with Crippen molar-refractivity contribution in [2.45, 2.75) is 13.1 Å². The molecule has 0 unspecified atom stereocenters. The van der Waals surface area contributed by atoms with Crippen LogP contribution in [0.1, 0.15) is 11.1 Å². The van der Waals surface area contributed by atoms with Gasteiger partial charge in [0.05, 0.1) is 24.2 Å². The zero-order valence-corrected chi connectivity index (χ0v) is 18.0. The molecule has 0 saturated carbocycles. The summed E-state index contributed by atoms with van der Waals surface area (Å²) in [6.07, 6.45) is -2.29. The van der Waals surface area contributed by atoms with Gasteiger partial charge in [0, 0.05) is 44.3 Å². The number of urea groups is 1. The number of aryl methyl sites for hydroxylation is 1. The number of carbonyl (C=O) groups is 1. The Morgan fingerprint density at radius 2 is 2.03 bits per heavy atom. The third kappa shape index (κ3) is 5.55. The lowest BCUT2D eigenvalue weighted by Gasteiger charge is -2.26. The lowest BCUT2D eigenvalue weighted by Crippen LogP contribution is -2.42. The number of rotatable bonds is 6. The number of aromatic amines is 1. The SMILES string of the molecule is Cc1cc(NC(=O)NCCN2CCOCC2)ccc1Oc1ccnc2[nH]cc(C(F)(F)F)c12. The molecular formula is C22H24F3N5O3. The molecule has 2 aromatic heterocycles. The van der Waals surface area contributed by atoms with Gasteiger partial charge in [-0.1, -0.05) is 0 Å². The predicted molar refractivity (Wildman–Crippen MR) is 117 cm³/mol. The number of H-pyrrole nitrogens is 1. The van der Waals surface area contributed by atoms with Crippen molar-refractivity contribution >= 4 is 22.8 Å². The second-order valence-corrected chi connectivity index (χ2v) is 7.65. The number of morpholine rings is 1. The number of nitrogens with zero attached hydrogens (tertiary/aromatic N) is 2. The highest BCUT2D eigenvalue weighted by Crippen LogP contribution is 2.40. The second kappa shape index (κ2) is 9.67. The highest BCUT2D eigenvalue weighted by Gasteiger charge is 2.35. The fourth-order valence-electron chi connectivity index (χ4n) is 3.62. The number of carbonyl (C=O) groups excluding carboxylic acids is 1. The molecule has 0 radical (unpaired) electrons. The number of ether oxygens (including phenoxy) is 2. The molecule has 1 fully saturated rings. The number of amides is 2. The number of alkyl halides is 3. The number of fused-ring (bicyclic) bond motifs is 1. The smallest absolute Gasteiger partial charge is 0.418 e. The maximum Gasteiger partial charge on any atom is 0.418 e. The monoisotopic (exact) mass is 463 g/mol. The molecule has 0 bridgehead atoms. The molecule has 0 aliphatic carbocycles. The Bertz CT molecular complexity index is 1130. The van der Waals surface area contributed by atoms with Gasteiger partial charge < -0.3 is 25.1 Å². The summed E-state index contributed by atoms with van der Waals surface area (Å²) < 4.78 is 51.2. The molecule has 1 aromatic carbocycles. The number of hydrogen-bond acceptors (Lipinski definition) is 5. The summed E-state index contributed by atoms with van der Waals surface area (Å²) in [5, 5.41) is 5.43. The van der Waals surface area contributed by atoms with E-state index in [1.165, 1.54) is 12.3 Å². The lowest BCUT2D eigenvalue weighted by atomic mass is 10.2. The van der Waals surface area contributed by atoms with Crippen molar-refractivity contribution in [2.75, 3.05) is 44.7 Å². The Morgan fingerprint density at radius 1 is 1.24 bits per heavy atom. The number of nitrogens with one attached hydrogen (secondary N) is 3. The number of anilines is 1. The van der Waals surface area contributed by atoms with Crippen LogP contribution < -0.4 is 15.4 Å². The number of benzene rings is 1. The van der Waals surface area contributed by atoms with E-state index in [1.807, 2.05) is 0 Å². The zero-order chi connectivity index (χ0) is 23.4. The summed E-state index contributed by atoms with van der Waals surface area (Å²) in [4.78, 5) is 20.9. The molecule has 0 spiro atoms. The Hall–Kier alpha value is -3.31. The Labute approximate surface area is 188 Å². The molecule has 176 valence electrons. The van der Waals surface area contributed by atoms with Crippen molar-refractivity contribution in [3.63, 3.8) is 0 Å². The molecule has 8 nitrogen and oxygen atoms in total. The van der Waals surface area contributed by atoms with Crippen LogP contribution in [0.4, 0.5) is 23.7 Å². The van der Waals surface area contributed by atoms with Gasteiger partial charge in [0.25, 0.3) is 0 Å². The minimum atomic E-state index is -4.54. The van der Waals surface area contributed by atoms with Gasteiger partial charge in [0.1, 0.15) is 17.1 Å². The van der Waals surface area contributed by atoms with Gasteiger partial charge in [-0.15, -0.1) is 0 Å². The highest BCUT2D eigenvalue weighted by molar-refractivity contribution is 5.89. The van der Waals surface area contributed by atoms with E-state index in [0.29, 0.717) is 36.8 Å². The molecule has 2 amide bonds. The minimum absolute atomic E-state index is 0.0400. The maximum atomic E-state index is 13.4. The normalized spacial score (nSPS) is 14.9. The van der Waals surface area contributed by atoms with Gasteiger partial charge in [-0.3, -0.25) is 4.90 Å². The maximum absolute atomic E-state index is 13.4. The summed E-state index contributed by atoms with van der Waals surface area (Å²) in [6, 6.07) is 5.97. The van der Waals surface area contributed by atoms with E-state index in [9.17, 15) is 18.0 Å². The summed E-state index contributed by atoms with van der Waals surface area (Å²) in [7, 11) is 0. The van der Waals surface area contributed by atoms with Gasteiger partial charge >= 0.3 is 12.2 Å². The summed E-state index contributed by atoms with van der Waals surface area (Å²) >= 11 is 0. The first-order valence-corrected chi connectivity index (χ1v) is 10.5. The van der Waals surface area contributed by atoms with Crippen LogP contribution in [0.15, 0.2) is 36.7 Å². The van der Waals surface area contributed by atoms with E-state index >= 15 is 0 Å². The molecule has 0 atom stereocenters. The van der Waals surface area contributed by atoms with E-state index in [4.69, 9.17) is 9.47 Å². The Balaban J connectivity index is 1.40. The van der Waals surface area contributed by atoms with Crippen molar-refractivity contribution in [2.24, 2.45) is 0 Å². The average molecular weight is 463 g/mol. The third-order valence-electron chi connectivity index (χ3n) is 5.31. The van der Waals surface area contributed by atoms with Gasteiger partial charge in [-0.25, -0.2) is 9.78 Å². The Kier molecular flexibility index (Phi) is 6.70. The topological polar surface area (TPSA) is 91.5 Å². The van der Waals surface area contributed by atoms with Crippen molar-refractivity contribution in [1.82, 2.24) is 20.2 Å². The predicted octanol–water partition coefficient (Wildman–Crippen LogP) is 4.14. The van der Waals surface area contributed by atoms with E-state index in [2.05, 4.69) is 25.5 Å². The summed E-state index contributed by atoms with van der Waals surface area (Å²) in [6.45, 7) is 6.09. The standard InChI is InChI=1S/C22H24F3N5O3/c1-14-12-15(29-21(31)27-6-7-30-8-10-32-11-9-30)2-3-17(14)33-18-4-5-26-20-19(18)16(13-28-20)22(23,24)25/h2-5,12-13H,6-11H2,1H3,(H,26,28)(H2,27,29,31). The number of hydrogen-bond donors (Lipinski definition) is 3. The molecule has 3 N–H and O–H groups in total. The van der Waals surface area contributed by atoms with E-state index in [0.717, 1.165) is 25.8 Å². The Morgan fingerprint density at radius 3 is 2.76 bits per heavy atom. The first kappa shape index (κ1) is 22.9. The van der Waals surface area contributed by atoms with Crippen LogP contribution in [0.3, 0.4) is 0 Å². The van der Waals surface area contributed by atoms with E-state index in [-0.39, 0.29) is 22.8 Å². The van der Waals surface area contributed by atoms with Crippen LogP contribution >= 0.6 is 0 Å². The highest BCUT2D eigenvalue weighted by atomic mass is 19.4. The molecule has 3 aromatic rings. The lowest BCUT2D eigenvalue weighted by molar-refractivity contribution is -0.136. The van der Waals surface area contributed by atoms with Gasteiger partial charge in [0.15, 0.2) is 0 Å². The van der Waals surface area contributed by atoms with E-state index < -0.39 is 11.7 Å². The molecule has 3 heterocycles. The first-order valence-electron chi connectivity index (χ1n) is 10.5. The molecule has 1 aliphatic heterocycles. The van der Waals surface area contributed by atoms with Crippen LogP contribution in [-0.2, 0) is 10.9 Å².